The van der Waals surface area contributed by atoms with Crippen molar-refractivity contribution in [3.63, 3.8) is 0 Å². The number of benzene rings is 1. The van der Waals surface area contributed by atoms with Crippen molar-refractivity contribution in [2.45, 2.75) is 24.9 Å². The van der Waals surface area contributed by atoms with Gasteiger partial charge in [0.25, 0.3) is 0 Å². The molecular weight excluding hydrogens is 330 g/mol. The third kappa shape index (κ3) is 3.10. The number of rotatable bonds is 4. The molecule has 24 heavy (non-hydrogen) atoms. The highest BCUT2D eigenvalue weighted by molar-refractivity contribution is 7.89. The van der Waals surface area contributed by atoms with Crippen molar-refractivity contribution in [2.24, 2.45) is 0 Å². The van der Waals surface area contributed by atoms with Crippen LogP contribution < -0.4 is 4.74 Å². The average molecular weight is 347 g/mol. The summed E-state index contributed by atoms with van der Waals surface area (Å²) in [4.78, 5) is 11.5. The summed E-state index contributed by atoms with van der Waals surface area (Å²) >= 11 is 0. The molecule has 0 radical (unpaired) electrons. The van der Waals surface area contributed by atoms with Crippen molar-refractivity contribution in [1.82, 2.24) is 14.1 Å². The van der Waals surface area contributed by atoms with E-state index in [1.807, 2.05) is 13.0 Å². The molecule has 2 heterocycles. The van der Waals surface area contributed by atoms with Crippen molar-refractivity contribution in [3.05, 3.63) is 54.2 Å². The second-order valence-electron chi connectivity index (χ2n) is 5.48. The normalized spacial score (nSPS) is 14.9. The van der Waals surface area contributed by atoms with E-state index < -0.39 is 16.0 Å². The van der Waals surface area contributed by atoms with Crippen molar-refractivity contribution >= 4 is 16.0 Å². The molecule has 0 fully saturated rings. The van der Waals surface area contributed by atoms with Gasteiger partial charge in [-0.05, 0) is 24.6 Å². The highest BCUT2D eigenvalue weighted by Gasteiger charge is 2.29. The number of aromatic nitrogens is 2. The minimum atomic E-state index is -3.58. The lowest BCUT2D eigenvalue weighted by Crippen LogP contribution is -2.38. The van der Waals surface area contributed by atoms with Gasteiger partial charge in [0.05, 0.1) is 23.7 Å². The van der Waals surface area contributed by atoms with Crippen LogP contribution in [-0.4, -0.2) is 35.0 Å². The quantitative estimate of drug-likeness (QED) is 0.618. The molecule has 2 aromatic rings. The molecular formula is C16H17N3O4S. The van der Waals surface area contributed by atoms with Crippen LogP contribution in [0.15, 0.2) is 47.9 Å². The lowest BCUT2D eigenvalue weighted by Gasteiger charge is -2.26. The van der Waals surface area contributed by atoms with Gasteiger partial charge in [-0.3, -0.25) is 4.68 Å². The van der Waals surface area contributed by atoms with E-state index in [9.17, 15) is 13.2 Å². The van der Waals surface area contributed by atoms with Crippen molar-refractivity contribution in [2.75, 3.05) is 6.54 Å². The SMILES string of the molecule is C=CC(=O)Oc1cc2n(n1)CCN(S(=O)(=O)c1cccc(C)c1)C2. The summed E-state index contributed by atoms with van der Waals surface area (Å²) in [5.41, 5.74) is 1.56. The summed E-state index contributed by atoms with van der Waals surface area (Å²) < 4.78 is 33.6. The second kappa shape index (κ2) is 6.21. The van der Waals surface area contributed by atoms with Gasteiger partial charge in [-0.1, -0.05) is 18.7 Å². The Kier molecular flexibility index (Phi) is 4.25. The topological polar surface area (TPSA) is 81.5 Å². The van der Waals surface area contributed by atoms with Gasteiger partial charge >= 0.3 is 5.97 Å². The zero-order chi connectivity index (χ0) is 17.3. The summed E-state index contributed by atoms with van der Waals surface area (Å²) in [5, 5.41) is 4.15. The van der Waals surface area contributed by atoms with Gasteiger partial charge < -0.3 is 4.74 Å². The van der Waals surface area contributed by atoms with Crippen LogP contribution in [-0.2, 0) is 27.9 Å². The highest BCUT2D eigenvalue weighted by atomic mass is 32.2. The molecule has 126 valence electrons. The highest BCUT2D eigenvalue weighted by Crippen LogP contribution is 2.24. The number of aryl methyl sites for hydroxylation is 1. The van der Waals surface area contributed by atoms with Crippen LogP contribution in [0, 0.1) is 6.92 Å². The number of ether oxygens (including phenoxy) is 1. The maximum Gasteiger partial charge on any atom is 0.336 e. The smallest absolute Gasteiger partial charge is 0.336 e. The van der Waals surface area contributed by atoms with Crippen LogP contribution in [0.1, 0.15) is 11.3 Å². The Morgan fingerprint density at radius 3 is 2.83 bits per heavy atom. The second-order valence-corrected chi connectivity index (χ2v) is 7.42. The summed E-state index contributed by atoms with van der Waals surface area (Å²) in [6.07, 6.45) is 1.05. The van der Waals surface area contributed by atoms with E-state index in [0.29, 0.717) is 18.8 Å². The van der Waals surface area contributed by atoms with Gasteiger partial charge in [-0.25, -0.2) is 13.2 Å². The van der Waals surface area contributed by atoms with E-state index in [2.05, 4.69) is 11.7 Å². The third-order valence-corrected chi connectivity index (χ3v) is 5.58. The first kappa shape index (κ1) is 16.4. The average Bonchev–Trinajstić information content (AvgIpc) is 2.95. The Morgan fingerprint density at radius 1 is 1.33 bits per heavy atom. The van der Waals surface area contributed by atoms with Crippen LogP contribution in [0.4, 0.5) is 0 Å². The molecule has 0 unspecified atom stereocenters. The summed E-state index contributed by atoms with van der Waals surface area (Å²) in [5.74, 6) is -0.459. The van der Waals surface area contributed by atoms with E-state index >= 15 is 0 Å². The summed E-state index contributed by atoms with van der Waals surface area (Å²) in [6, 6.07) is 8.39. The van der Waals surface area contributed by atoms with Gasteiger partial charge in [0.1, 0.15) is 0 Å². The first-order chi connectivity index (χ1) is 11.4. The molecule has 1 aliphatic heterocycles. The van der Waals surface area contributed by atoms with Crippen molar-refractivity contribution in [3.8, 4) is 5.88 Å². The molecule has 0 saturated heterocycles. The zero-order valence-corrected chi connectivity index (χ0v) is 14.0. The predicted molar refractivity (Wildman–Crippen MR) is 86.8 cm³/mol. The number of fused-ring (bicyclic) bond motifs is 1. The fourth-order valence-electron chi connectivity index (χ4n) is 2.54. The van der Waals surface area contributed by atoms with Crippen molar-refractivity contribution < 1.29 is 17.9 Å². The van der Waals surface area contributed by atoms with E-state index in [1.54, 1.807) is 28.9 Å². The molecule has 1 aliphatic rings. The van der Waals surface area contributed by atoms with Crippen LogP contribution in [0.2, 0.25) is 0 Å². The van der Waals surface area contributed by atoms with E-state index in [-0.39, 0.29) is 17.3 Å². The number of esters is 1. The van der Waals surface area contributed by atoms with Crippen LogP contribution in [0.25, 0.3) is 0 Å². The number of hydrogen-bond donors (Lipinski definition) is 0. The van der Waals surface area contributed by atoms with E-state index in [4.69, 9.17) is 4.74 Å². The minimum absolute atomic E-state index is 0.143. The van der Waals surface area contributed by atoms with Gasteiger partial charge in [0.2, 0.25) is 15.9 Å². The van der Waals surface area contributed by atoms with Gasteiger partial charge in [0, 0.05) is 18.7 Å². The van der Waals surface area contributed by atoms with E-state index in [0.717, 1.165) is 11.6 Å². The van der Waals surface area contributed by atoms with Crippen LogP contribution >= 0.6 is 0 Å². The van der Waals surface area contributed by atoms with Gasteiger partial charge in [-0.2, -0.15) is 4.31 Å². The molecule has 1 aromatic heterocycles. The molecule has 0 amide bonds. The Labute approximate surface area is 140 Å². The monoisotopic (exact) mass is 347 g/mol. The first-order valence-corrected chi connectivity index (χ1v) is 8.82. The molecule has 0 N–H and O–H groups in total. The lowest BCUT2D eigenvalue weighted by atomic mass is 10.2. The fourth-order valence-corrected chi connectivity index (χ4v) is 4.05. The number of sulfonamides is 1. The first-order valence-electron chi connectivity index (χ1n) is 7.38. The Morgan fingerprint density at radius 2 is 2.12 bits per heavy atom. The zero-order valence-electron chi connectivity index (χ0n) is 13.2. The number of carbonyl (C=O) groups is 1. The third-order valence-electron chi connectivity index (χ3n) is 3.74. The number of hydrogen-bond acceptors (Lipinski definition) is 5. The molecule has 0 saturated carbocycles. The lowest BCUT2D eigenvalue weighted by molar-refractivity contribution is -0.129. The predicted octanol–water partition coefficient (Wildman–Crippen LogP) is 1.49. The molecule has 7 nitrogen and oxygen atoms in total. The van der Waals surface area contributed by atoms with E-state index in [1.165, 1.54) is 4.31 Å². The molecule has 0 spiro atoms. The maximum absolute atomic E-state index is 12.8. The number of carbonyl (C=O) groups excluding carboxylic acids is 1. The van der Waals surface area contributed by atoms with Crippen molar-refractivity contribution in [1.29, 1.82) is 0 Å². The molecule has 0 aliphatic carbocycles. The van der Waals surface area contributed by atoms with Crippen LogP contribution in [0.5, 0.6) is 5.88 Å². The Bertz CT molecular complexity index is 902. The number of nitrogens with zero attached hydrogens (tertiary/aromatic N) is 3. The largest absolute Gasteiger partial charge is 0.403 e. The Hall–Kier alpha value is -2.45. The Balaban J connectivity index is 1.84. The maximum atomic E-state index is 12.8. The van der Waals surface area contributed by atoms with Gasteiger partial charge in [0.15, 0.2) is 0 Å². The minimum Gasteiger partial charge on any atom is -0.403 e. The summed E-state index contributed by atoms with van der Waals surface area (Å²) in [7, 11) is -3.58. The standard InChI is InChI=1S/C16H17N3O4S/c1-3-16(20)23-15-10-13-11-18(7-8-19(13)17-15)24(21,22)14-6-4-5-12(2)9-14/h3-6,9-10H,1,7-8,11H2,2H3. The fraction of sp³-hybridized carbons (Fsp3) is 0.250. The molecule has 0 atom stereocenters. The molecule has 1 aromatic carbocycles. The molecule has 0 bridgehead atoms. The summed E-state index contributed by atoms with van der Waals surface area (Å²) in [6.45, 7) is 6.05. The van der Waals surface area contributed by atoms with Gasteiger partial charge in [-0.15, -0.1) is 5.10 Å². The van der Waals surface area contributed by atoms with Crippen LogP contribution in [0.3, 0.4) is 0 Å². The molecule has 3 rings (SSSR count). The molecule has 8 heteroatoms.